The Labute approximate surface area is 178 Å². The van der Waals surface area contributed by atoms with Crippen molar-refractivity contribution in [2.24, 2.45) is 0 Å². The number of hydrogen-bond donors (Lipinski definition) is 2. The van der Waals surface area contributed by atoms with E-state index < -0.39 is 0 Å². The van der Waals surface area contributed by atoms with Crippen molar-refractivity contribution in [3.63, 3.8) is 0 Å². The molecule has 0 bridgehead atoms. The minimum Gasteiger partial charge on any atom is -0.504 e. The molecule has 0 aliphatic carbocycles. The number of carbonyl (C=O) groups excluding carboxylic acids is 1. The lowest BCUT2D eigenvalue weighted by Crippen LogP contribution is -1.98. The van der Waals surface area contributed by atoms with E-state index in [1.54, 1.807) is 6.07 Å². The normalized spacial score (nSPS) is 11.1. The molecule has 0 saturated heterocycles. The molecule has 0 unspecified atom stereocenters. The largest absolute Gasteiger partial charge is 0.504 e. The van der Waals surface area contributed by atoms with Gasteiger partial charge in [0.1, 0.15) is 5.78 Å². The van der Waals surface area contributed by atoms with Crippen molar-refractivity contribution in [1.82, 2.24) is 0 Å². The molecule has 1 aromatic carbocycles. The van der Waals surface area contributed by atoms with Crippen molar-refractivity contribution in [1.29, 1.82) is 0 Å². The number of hydrogen-bond acceptors (Lipinski definition) is 3. The molecule has 0 fully saturated rings. The van der Waals surface area contributed by atoms with Crippen LogP contribution in [0.3, 0.4) is 0 Å². The van der Waals surface area contributed by atoms with Crippen molar-refractivity contribution >= 4 is 5.78 Å². The highest BCUT2D eigenvalue weighted by atomic mass is 16.3. The summed E-state index contributed by atoms with van der Waals surface area (Å²) in [5.74, 6) is 0.240. The second kappa shape index (κ2) is 17.4. The Balaban J connectivity index is 1.85. The Kier molecular flexibility index (Phi) is 15.3. The zero-order valence-corrected chi connectivity index (χ0v) is 18.8. The van der Waals surface area contributed by atoms with Crippen LogP contribution < -0.4 is 0 Å². The van der Waals surface area contributed by atoms with Crippen LogP contribution in [0.2, 0.25) is 0 Å². The number of ketones is 1. The van der Waals surface area contributed by atoms with Crippen molar-refractivity contribution < 1.29 is 15.0 Å². The minimum atomic E-state index is -0.0817. The molecule has 0 radical (unpaired) electrons. The van der Waals surface area contributed by atoms with E-state index in [-0.39, 0.29) is 11.5 Å². The third-order valence-corrected chi connectivity index (χ3v) is 5.77. The first-order valence-corrected chi connectivity index (χ1v) is 12.2. The highest BCUT2D eigenvalue weighted by Crippen LogP contribution is 2.25. The number of rotatable bonds is 19. The maximum atomic E-state index is 12.0. The van der Waals surface area contributed by atoms with Crippen LogP contribution in [-0.2, 0) is 11.2 Å². The molecule has 29 heavy (non-hydrogen) atoms. The van der Waals surface area contributed by atoms with Gasteiger partial charge in [-0.15, -0.1) is 0 Å². The Morgan fingerprint density at radius 2 is 1.14 bits per heavy atom. The number of carbonyl (C=O) groups is 1. The summed E-state index contributed by atoms with van der Waals surface area (Å²) in [7, 11) is 0. The van der Waals surface area contributed by atoms with E-state index in [0.717, 1.165) is 37.7 Å². The van der Waals surface area contributed by atoms with Crippen LogP contribution in [0.25, 0.3) is 0 Å². The number of phenols is 2. The predicted molar refractivity (Wildman–Crippen MR) is 123 cm³/mol. The predicted octanol–water partition coefficient (Wildman–Crippen LogP) is 7.86. The summed E-state index contributed by atoms with van der Waals surface area (Å²) in [4.78, 5) is 12.0. The van der Waals surface area contributed by atoms with Gasteiger partial charge in [-0.2, -0.15) is 0 Å². The molecule has 3 heteroatoms. The second-order valence-electron chi connectivity index (χ2n) is 8.56. The monoisotopic (exact) mass is 404 g/mol. The number of aromatic hydroxyl groups is 2. The van der Waals surface area contributed by atoms with Gasteiger partial charge in [0.25, 0.3) is 0 Å². The van der Waals surface area contributed by atoms with E-state index in [1.807, 2.05) is 6.07 Å². The smallest absolute Gasteiger partial charge is 0.157 e. The number of phenolic OH excluding ortho intramolecular Hbond substituents is 2. The number of unbranched alkanes of at least 4 members (excludes halogenated alkanes) is 13. The average Bonchev–Trinajstić information content (AvgIpc) is 2.71. The van der Waals surface area contributed by atoms with Crippen molar-refractivity contribution in [2.45, 2.75) is 122 Å². The topological polar surface area (TPSA) is 57.5 Å². The van der Waals surface area contributed by atoms with Crippen LogP contribution in [0.5, 0.6) is 11.5 Å². The molecule has 0 aliphatic rings. The van der Waals surface area contributed by atoms with Gasteiger partial charge in [0.05, 0.1) is 0 Å². The molecule has 0 amide bonds. The van der Waals surface area contributed by atoms with E-state index in [4.69, 9.17) is 0 Å². The quantitative estimate of drug-likeness (QED) is 0.182. The van der Waals surface area contributed by atoms with E-state index in [0.29, 0.717) is 12.2 Å². The molecule has 0 heterocycles. The molecule has 0 atom stereocenters. The molecule has 166 valence electrons. The van der Waals surface area contributed by atoms with Gasteiger partial charge >= 0.3 is 0 Å². The summed E-state index contributed by atoms with van der Waals surface area (Å²) in [5, 5.41) is 18.8. The van der Waals surface area contributed by atoms with Gasteiger partial charge < -0.3 is 10.2 Å². The van der Waals surface area contributed by atoms with Crippen LogP contribution in [0, 0.1) is 0 Å². The third-order valence-electron chi connectivity index (χ3n) is 5.77. The summed E-state index contributed by atoms with van der Waals surface area (Å²) in [5.41, 5.74) is 1.00. The number of aryl methyl sites for hydroxylation is 1. The highest BCUT2D eigenvalue weighted by Gasteiger charge is 2.04. The molecule has 0 aliphatic heterocycles. The second-order valence-corrected chi connectivity index (χ2v) is 8.56. The molecule has 2 N–H and O–H groups in total. The summed E-state index contributed by atoms with van der Waals surface area (Å²) < 4.78 is 0. The molecular formula is C26H44O3. The van der Waals surface area contributed by atoms with Crippen LogP contribution in [0.4, 0.5) is 0 Å². The first-order chi connectivity index (χ1) is 14.1. The summed E-state index contributed by atoms with van der Waals surface area (Å²) in [6, 6.07) is 4.94. The van der Waals surface area contributed by atoms with Gasteiger partial charge in [-0.25, -0.2) is 0 Å². The first kappa shape index (κ1) is 25.5. The van der Waals surface area contributed by atoms with Gasteiger partial charge in [-0.1, -0.05) is 90.0 Å². The van der Waals surface area contributed by atoms with Crippen LogP contribution in [0.15, 0.2) is 18.2 Å². The fourth-order valence-corrected chi connectivity index (χ4v) is 3.84. The Bertz CT molecular complexity index is 539. The van der Waals surface area contributed by atoms with E-state index in [2.05, 4.69) is 6.92 Å². The van der Waals surface area contributed by atoms with Gasteiger partial charge in [-0.05, 0) is 43.4 Å². The number of Topliss-reactive ketones (excluding diaryl/α,β-unsaturated/α-hetero) is 1. The Hall–Kier alpha value is -1.51. The maximum absolute atomic E-state index is 12.0. The lowest BCUT2D eigenvalue weighted by atomic mass is 10.0. The van der Waals surface area contributed by atoms with E-state index >= 15 is 0 Å². The van der Waals surface area contributed by atoms with Gasteiger partial charge in [0, 0.05) is 12.8 Å². The zero-order chi connectivity index (χ0) is 21.2. The third kappa shape index (κ3) is 14.2. The van der Waals surface area contributed by atoms with Crippen LogP contribution in [0.1, 0.15) is 122 Å². The molecule has 1 aromatic rings. The Morgan fingerprint density at radius 3 is 1.66 bits per heavy atom. The minimum absolute atomic E-state index is 0.0685. The Morgan fingerprint density at radius 1 is 0.655 bits per heavy atom. The van der Waals surface area contributed by atoms with Crippen molar-refractivity contribution in [3.05, 3.63) is 23.8 Å². The van der Waals surface area contributed by atoms with Crippen molar-refractivity contribution in [2.75, 3.05) is 0 Å². The van der Waals surface area contributed by atoms with Gasteiger partial charge in [-0.3, -0.25) is 4.79 Å². The SMILES string of the molecule is CCCCCCCCCCCCCCCC(=O)CCCCc1ccc(O)c(O)c1. The van der Waals surface area contributed by atoms with Gasteiger partial charge in [0.15, 0.2) is 11.5 Å². The highest BCUT2D eigenvalue weighted by molar-refractivity contribution is 5.78. The van der Waals surface area contributed by atoms with Crippen LogP contribution >= 0.6 is 0 Å². The summed E-state index contributed by atoms with van der Waals surface area (Å²) in [6.07, 6.45) is 21.4. The average molecular weight is 405 g/mol. The first-order valence-electron chi connectivity index (χ1n) is 12.2. The molecule has 1 rings (SSSR count). The zero-order valence-electron chi connectivity index (χ0n) is 18.8. The fraction of sp³-hybridized carbons (Fsp3) is 0.731. The van der Waals surface area contributed by atoms with Crippen LogP contribution in [-0.4, -0.2) is 16.0 Å². The molecule has 3 nitrogen and oxygen atoms in total. The molecular weight excluding hydrogens is 360 g/mol. The van der Waals surface area contributed by atoms with E-state index in [9.17, 15) is 15.0 Å². The molecule has 0 saturated carbocycles. The lowest BCUT2D eigenvalue weighted by molar-refractivity contribution is -0.119. The number of benzene rings is 1. The summed E-state index contributed by atoms with van der Waals surface area (Å²) >= 11 is 0. The van der Waals surface area contributed by atoms with Gasteiger partial charge in [0.2, 0.25) is 0 Å². The lowest BCUT2D eigenvalue weighted by Gasteiger charge is -2.05. The summed E-state index contributed by atoms with van der Waals surface area (Å²) in [6.45, 7) is 2.27. The maximum Gasteiger partial charge on any atom is 0.157 e. The van der Waals surface area contributed by atoms with Crippen molar-refractivity contribution in [3.8, 4) is 11.5 Å². The fourth-order valence-electron chi connectivity index (χ4n) is 3.84. The molecule has 0 aromatic heterocycles. The molecule has 0 spiro atoms. The van der Waals surface area contributed by atoms with E-state index in [1.165, 1.54) is 83.1 Å². The standard InChI is InChI=1S/C26H44O3/c1-2-3-4-5-6-7-8-9-10-11-12-13-14-18-24(27)19-16-15-17-23-20-21-25(28)26(29)22-23/h20-22,28-29H,2-19H2,1H3.